The monoisotopic (exact) mass is 201 g/mol. The van der Waals surface area contributed by atoms with Crippen molar-refractivity contribution in [3.8, 4) is 0 Å². The number of carbonyl (C=O) groups excluding carboxylic acids is 1. The first-order valence-corrected chi connectivity index (χ1v) is 5.15. The normalized spacial score (nSPS) is 18.5. The second kappa shape index (κ2) is 4.75. The van der Waals surface area contributed by atoms with Crippen molar-refractivity contribution in [1.82, 2.24) is 5.32 Å². The lowest BCUT2D eigenvalue weighted by Gasteiger charge is -2.27. The highest BCUT2D eigenvalue weighted by Gasteiger charge is 2.29. The highest BCUT2D eigenvalue weighted by Crippen LogP contribution is 2.25. The smallest absolute Gasteiger partial charge is 0.223 e. The maximum atomic E-state index is 11.6. The van der Waals surface area contributed by atoms with Gasteiger partial charge in [-0.25, -0.2) is 0 Å². The number of hydrogen-bond donors (Lipinski definition) is 3. The van der Waals surface area contributed by atoms with Gasteiger partial charge in [0.2, 0.25) is 5.91 Å². The number of nitrogens with one attached hydrogen (secondary N) is 1. The molecular weight excluding hydrogens is 182 g/mol. The number of aliphatic hydroxyl groups is 2. The zero-order valence-electron chi connectivity index (χ0n) is 8.62. The Morgan fingerprint density at radius 1 is 1.36 bits per heavy atom. The third-order valence-electron chi connectivity index (χ3n) is 2.85. The first-order chi connectivity index (χ1) is 6.61. The van der Waals surface area contributed by atoms with Crippen LogP contribution in [0.3, 0.4) is 0 Å². The summed E-state index contributed by atoms with van der Waals surface area (Å²) in [5.74, 6) is 0.0422. The Morgan fingerprint density at radius 2 is 1.86 bits per heavy atom. The molecule has 0 unspecified atom stereocenters. The molecule has 1 rings (SSSR count). The highest BCUT2D eigenvalue weighted by atomic mass is 16.3. The third-order valence-corrected chi connectivity index (χ3v) is 2.85. The van der Waals surface area contributed by atoms with E-state index in [9.17, 15) is 4.79 Å². The molecule has 1 aliphatic carbocycles. The van der Waals surface area contributed by atoms with Gasteiger partial charge in [0, 0.05) is 5.92 Å². The van der Waals surface area contributed by atoms with Crippen molar-refractivity contribution < 1.29 is 15.0 Å². The molecule has 82 valence electrons. The molecule has 0 spiro atoms. The summed E-state index contributed by atoms with van der Waals surface area (Å²) >= 11 is 0. The molecule has 3 N–H and O–H groups in total. The minimum Gasteiger partial charge on any atom is -0.394 e. The molecule has 0 atom stereocenters. The Bertz CT molecular complexity index is 196. The van der Waals surface area contributed by atoms with Crippen molar-refractivity contribution in [2.45, 2.75) is 38.1 Å². The van der Waals surface area contributed by atoms with Crippen molar-refractivity contribution >= 4 is 5.91 Å². The van der Waals surface area contributed by atoms with Gasteiger partial charge in [0.15, 0.2) is 0 Å². The van der Waals surface area contributed by atoms with Crippen LogP contribution in [0.25, 0.3) is 0 Å². The summed E-state index contributed by atoms with van der Waals surface area (Å²) in [4.78, 5) is 11.6. The van der Waals surface area contributed by atoms with E-state index in [0.29, 0.717) is 0 Å². The lowest BCUT2D eigenvalue weighted by molar-refractivity contribution is -0.127. The number of rotatable bonds is 4. The van der Waals surface area contributed by atoms with Gasteiger partial charge in [-0.2, -0.15) is 0 Å². The largest absolute Gasteiger partial charge is 0.394 e. The zero-order chi connectivity index (χ0) is 10.6. The third kappa shape index (κ3) is 2.69. The molecule has 0 radical (unpaired) electrons. The Hall–Kier alpha value is -0.610. The lowest BCUT2D eigenvalue weighted by Crippen LogP contribution is -2.53. The SMILES string of the molecule is CC(CO)(CO)NC(=O)C1CCCC1. The molecule has 0 heterocycles. The molecule has 0 aromatic heterocycles. The van der Waals surface area contributed by atoms with Gasteiger partial charge in [-0.3, -0.25) is 4.79 Å². The summed E-state index contributed by atoms with van der Waals surface area (Å²) < 4.78 is 0. The first kappa shape index (κ1) is 11.5. The number of amides is 1. The van der Waals surface area contributed by atoms with Gasteiger partial charge in [0.1, 0.15) is 0 Å². The summed E-state index contributed by atoms with van der Waals surface area (Å²) in [5.41, 5.74) is -0.875. The van der Waals surface area contributed by atoms with Crippen LogP contribution in [0.15, 0.2) is 0 Å². The maximum absolute atomic E-state index is 11.6. The van der Waals surface area contributed by atoms with Gasteiger partial charge < -0.3 is 15.5 Å². The topological polar surface area (TPSA) is 69.6 Å². The highest BCUT2D eigenvalue weighted by molar-refractivity contribution is 5.79. The average Bonchev–Trinajstić information content (AvgIpc) is 2.70. The van der Waals surface area contributed by atoms with Gasteiger partial charge in [0.25, 0.3) is 0 Å². The van der Waals surface area contributed by atoms with Gasteiger partial charge in [-0.1, -0.05) is 12.8 Å². The van der Waals surface area contributed by atoms with Crippen LogP contribution in [0.4, 0.5) is 0 Å². The van der Waals surface area contributed by atoms with Gasteiger partial charge in [-0.15, -0.1) is 0 Å². The van der Waals surface area contributed by atoms with Crippen LogP contribution < -0.4 is 5.32 Å². The molecule has 1 saturated carbocycles. The molecule has 0 aliphatic heterocycles. The minimum absolute atomic E-state index is 0.0342. The molecule has 1 aliphatic rings. The maximum Gasteiger partial charge on any atom is 0.223 e. The quantitative estimate of drug-likeness (QED) is 0.601. The second-order valence-corrected chi connectivity index (χ2v) is 4.35. The fraction of sp³-hybridized carbons (Fsp3) is 0.900. The second-order valence-electron chi connectivity index (χ2n) is 4.35. The van der Waals surface area contributed by atoms with E-state index in [0.717, 1.165) is 25.7 Å². The van der Waals surface area contributed by atoms with E-state index < -0.39 is 5.54 Å². The van der Waals surface area contributed by atoms with Gasteiger partial charge in [0.05, 0.1) is 18.8 Å². The predicted octanol–water partition coefficient (Wildman–Crippen LogP) is 0.0361. The van der Waals surface area contributed by atoms with Crippen molar-refractivity contribution in [3.63, 3.8) is 0 Å². The molecule has 14 heavy (non-hydrogen) atoms. The van der Waals surface area contributed by atoms with E-state index in [1.165, 1.54) is 0 Å². The van der Waals surface area contributed by atoms with Crippen LogP contribution >= 0.6 is 0 Å². The summed E-state index contributed by atoms with van der Waals surface area (Å²) in [7, 11) is 0. The Morgan fingerprint density at radius 3 is 2.29 bits per heavy atom. The van der Waals surface area contributed by atoms with E-state index in [1.54, 1.807) is 6.92 Å². The molecule has 4 nitrogen and oxygen atoms in total. The standard InChI is InChI=1S/C10H19NO3/c1-10(6-12,7-13)11-9(14)8-4-2-3-5-8/h8,12-13H,2-7H2,1H3,(H,11,14). The summed E-state index contributed by atoms with van der Waals surface area (Å²) in [6, 6.07) is 0. The molecule has 1 amide bonds. The average molecular weight is 201 g/mol. The van der Waals surface area contributed by atoms with Crippen LogP contribution in [0, 0.1) is 5.92 Å². The van der Waals surface area contributed by atoms with E-state index in [1.807, 2.05) is 0 Å². The molecule has 4 heteroatoms. The van der Waals surface area contributed by atoms with Crippen LogP contribution in [-0.4, -0.2) is 34.9 Å². The fourth-order valence-electron chi connectivity index (χ4n) is 1.72. The predicted molar refractivity (Wildman–Crippen MR) is 52.7 cm³/mol. The molecule has 0 saturated heterocycles. The Kier molecular flexibility index (Phi) is 3.89. The Balaban J connectivity index is 2.45. The lowest BCUT2D eigenvalue weighted by atomic mass is 10.0. The number of carbonyl (C=O) groups is 1. The van der Waals surface area contributed by atoms with Gasteiger partial charge in [-0.05, 0) is 19.8 Å². The van der Waals surface area contributed by atoms with E-state index in [2.05, 4.69) is 5.32 Å². The first-order valence-electron chi connectivity index (χ1n) is 5.15. The fourth-order valence-corrected chi connectivity index (χ4v) is 1.72. The van der Waals surface area contributed by atoms with Crippen molar-refractivity contribution in [2.75, 3.05) is 13.2 Å². The van der Waals surface area contributed by atoms with E-state index >= 15 is 0 Å². The van der Waals surface area contributed by atoms with Crippen LogP contribution in [0.5, 0.6) is 0 Å². The number of aliphatic hydroxyl groups excluding tert-OH is 2. The molecule has 0 bridgehead atoms. The van der Waals surface area contributed by atoms with Crippen molar-refractivity contribution in [2.24, 2.45) is 5.92 Å². The molecule has 0 aromatic carbocycles. The molecule has 1 fully saturated rings. The number of hydrogen-bond acceptors (Lipinski definition) is 3. The molecule has 0 aromatic rings. The summed E-state index contributed by atoms with van der Waals surface area (Å²) in [6.45, 7) is 1.17. The van der Waals surface area contributed by atoms with Crippen LogP contribution in [0.1, 0.15) is 32.6 Å². The summed E-state index contributed by atoms with van der Waals surface area (Å²) in [6.07, 6.45) is 4.07. The summed E-state index contributed by atoms with van der Waals surface area (Å²) in [5, 5.41) is 20.7. The zero-order valence-corrected chi connectivity index (χ0v) is 8.62. The van der Waals surface area contributed by atoms with E-state index in [-0.39, 0.29) is 25.0 Å². The Labute approximate surface area is 84.3 Å². The van der Waals surface area contributed by atoms with Crippen LogP contribution in [-0.2, 0) is 4.79 Å². The van der Waals surface area contributed by atoms with Gasteiger partial charge >= 0.3 is 0 Å². The molecular formula is C10H19NO3. The van der Waals surface area contributed by atoms with Crippen LogP contribution in [0.2, 0.25) is 0 Å². The van der Waals surface area contributed by atoms with E-state index in [4.69, 9.17) is 10.2 Å². The van der Waals surface area contributed by atoms with Crippen molar-refractivity contribution in [3.05, 3.63) is 0 Å². The minimum atomic E-state index is -0.875. The van der Waals surface area contributed by atoms with Crippen molar-refractivity contribution in [1.29, 1.82) is 0 Å².